The lowest BCUT2D eigenvalue weighted by atomic mass is 10.1. The lowest BCUT2D eigenvalue weighted by molar-refractivity contribution is 0.0601. The largest absolute Gasteiger partial charge is 0.465 e. The number of carbonyl (C=O) groups is 2. The summed E-state index contributed by atoms with van der Waals surface area (Å²) in [7, 11) is 1.27. The SMILES string of the molecule is COC(=O)c1ccc(C(=O)NCc2ccc(Cl)cc2)cc1N. The minimum absolute atomic E-state index is 0.200. The van der Waals surface area contributed by atoms with Crippen LogP contribution in [0, 0.1) is 0 Å². The van der Waals surface area contributed by atoms with Gasteiger partial charge in [0.05, 0.1) is 12.7 Å². The van der Waals surface area contributed by atoms with Crippen LogP contribution in [0.3, 0.4) is 0 Å². The van der Waals surface area contributed by atoms with Crippen molar-refractivity contribution in [3.05, 3.63) is 64.2 Å². The van der Waals surface area contributed by atoms with Crippen LogP contribution in [0.1, 0.15) is 26.3 Å². The minimum Gasteiger partial charge on any atom is -0.465 e. The molecule has 0 aliphatic rings. The summed E-state index contributed by atoms with van der Waals surface area (Å²) in [5, 5.41) is 3.41. The molecule has 0 fully saturated rings. The van der Waals surface area contributed by atoms with Crippen LogP contribution in [0.4, 0.5) is 5.69 Å². The Balaban J connectivity index is 2.05. The molecule has 5 nitrogen and oxygen atoms in total. The molecule has 0 aliphatic heterocycles. The zero-order valence-corrected chi connectivity index (χ0v) is 12.7. The second-order valence-corrected chi connectivity index (χ2v) is 5.04. The highest BCUT2D eigenvalue weighted by molar-refractivity contribution is 6.30. The number of nitrogen functional groups attached to an aromatic ring is 1. The van der Waals surface area contributed by atoms with Gasteiger partial charge in [-0.1, -0.05) is 23.7 Å². The quantitative estimate of drug-likeness (QED) is 0.670. The third-order valence-corrected chi connectivity index (χ3v) is 3.34. The standard InChI is InChI=1S/C16H15ClN2O3/c1-22-16(21)13-7-4-11(8-14(13)18)15(20)19-9-10-2-5-12(17)6-3-10/h2-8H,9,18H2,1H3,(H,19,20). The van der Waals surface area contributed by atoms with Crippen molar-refractivity contribution in [3.8, 4) is 0 Å². The van der Waals surface area contributed by atoms with Gasteiger partial charge in [-0.2, -0.15) is 0 Å². The molecular weight excluding hydrogens is 304 g/mol. The van der Waals surface area contributed by atoms with Gasteiger partial charge in [0.15, 0.2) is 0 Å². The fourth-order valence-corrected chi connectivity index (χ4v) is 2.01. The molecule has 114 valence electrons. The Hall–Kier alpha value is -2.53. The highest BCUT2D eigenvalue weighted by atomic mass is 35.5. The third kappa shape index (κ3) is 3.77. The van der Waals surface area contributed by atoms with E-state index in [1.54, 1.807) is 12.1 Å². The molecule has 6 heteroatoms. The molecule has 0 radical (unpaired) electrons. The van der Waals surface area contributed by atoms with Crippen LogP contribution in [0.25, 0.3) is 0 Å². The lowest BCUT2D eigenvalue weighted by Gasteiger charge is -2.08. The molecule has 0 spiro atoms. The first-order valence-electron chi connectivity index (χ1n) is 6.51. The number of nitrogens with one attached hydrogen (secondary N) is 1. The first-order chi connectivity index (χ1) is 10.5. The fraction of sp³-hybridized carbons (Fsp3) is 0.125. The minimum atomic E-state index is -0.536. The van der Waals surface area contributed by atoms with Crippen molar-refractivity contribution in [2.24, 2.45) is 0 Å². The number of methoxy groups -OCH3 is 1. The van der Waals surface area contributed by atoms with Gasteiger partial charge in [-0.05, 0) is 35.9 Å². The van der Waals surface area contributed by atoms with Crippen molar-refractivity contribution in [2.45, 2.75) is 6.54 Å². The van der Waals surface area contributed by atoms with Crippen LogP contribution >= 0.6 is 11.6 Å². The van der Waals surface area contributed by atoms with Crippen LogP contribution in [0.15, 0.2) is 42.5 Å². The number of halogens is 1. The first kappa shape index (κ1) is 15.9. The van der Waals surface area contributed by atoms with Gasteiger partial charge in [0, 0.05) is 22.8 Å². The molecule has 2 aromatic rings. The van der Waals surface area contributed by atoms with E-state index in [1.807, 2.05) is 12.1 Å². The van der Waals surface area contributed by atoms with Crippen molar-refractivity contribution >= 4 is 29.2 Å². The molecule has 2 rings (SSSR count). The zero-order chi connectivity index (χ0) is 16.1. The van der Waals surface area contributed by atoms with Crippen LogP contribution in [-0.2, 0) is 11.3 Å². The molecule has 0 aromatic heterocycles. The van der Waals surface area contributed by atoms with E-state index in [1.165, 1.54) is 25.3 Å². The number of hydrogen-bond acceptors (Lipinski definition) is 4. The number of benzene rings is 2. The van der Waals surface area contributed by atoms with E-state index in [2.05, 4.69) is 10.1 Å². The summed E-state index contributed by atoms with van der Waals surface area (Å²) in [6, 6.07) is 11.6. The first-order valence-corrected chi connectivity index (χ1v) is 6.89. The maximum atomic E-state index is 12.1. The molecule has 3 N–H and O–H groups in total. The number of anilines is 1. The highest BCUT2D eigenvalue weighted by Crippen LogP contribution is 2.16. The number of carbonyl (C=O) groups excluding carboxylic acids is 2. The Morgan fingerprint density at radius 1 is 1.18 bits per heavy atom. The van der Waals surface area contributed by atoms with Gasteiger partial charge in [0.25, 0.3) is 5.91 Å². The van der Waals surface area contributed by atoms with Gasteiger partial charge in [-0.15, -0.1) is 0 Å². The van der Waals surface area contributed by atoms with Crippen molar-refractivity contribution < 1.29 is 14.3 Å². The fourth-order valence-electron chi connectivity index (χ4n) is 1.89. The topological polar surface area (TPSA) is 81.4 Å². The van der Waals surface area contributed by atoms with Crippen molar-refractivity contribution in [2.75, 3.05) is 12.8 Å². The molecule has 1 amide bonds. The van der Waals surface area contributed by atoms with E-state index in [9.17, 15) is 9.59 Å². The summed E-state index contributed by atoms with van der Waals surface area (Å²) in [4.78, 5) is 23.5. The van der Waals surface area contributed by atoms with Crippen molar-refractivity contribution in [1.29, 1.82) is 0 Å². The number of hydrogen-bond donors (Lipinski definition) is 2. The average molecular weight is 319 g/mol. The summed E-state index contributed by atoms with van der Waals surface area (Å²) in [6.07, 6.45) is 0. The second kappa shape index (κ2) is 6.95. The smallest absolute Gasteiger partial charge is 0.339 e. The molecule has 2 aromatic carbocycles. The summed E-state index contributed by atoms with van der Waals surface area (Å²) in [5.74, 6) is -0.816. The number of rotatable bonds is 4. The summed E-state index contributed by atoms with van der Waals surface area (Å²) in [6.45, 7) is 0.370. The molecule has 0 heterocycles. The average Bonchev–Trinajstić information content (AvgIpc) is 2.53. The Kier molecular flexibility index (Phi) is 5.01. The predicted octanol–water partition coefficient (Wildman–Crippen LogP) is 2.64. The number of amides is 1. The Morgan fingerprint density at radius 2 is 1.86 bits per heavy atom. The highest BCUT2D eigenvalue weighted by Gasteiger charge is 2.13. The Morgan fingerprint density at radius 3 is 2.45 bits per heavy atom. The molecule has 0 atom stereocenters. The number of nitrogens with two attached hydrogens (primary N) is 1. The van der Waals surface area contributed by atoms with E-state index in [-0.39, 0.29) is 17.2 Å². The van der Waals surface area contributed by atoms with E-state index in [0.29, 0.717) is 17.1 Å². The van der Waals surface area contributed by atoms with E-state index >= 15 is 0 Å². The molecular formula is C16H15ClN2O3. The summed E-state index contributed by atoms with van der Waals surface area (Å²) < 4.78 is 4.60. The maximum Gasteiger partial charge on any atom is 0.339 e. The lowest BCUT2D eigenvalue weighted by Crippen LogP contribution is -2.23. The molecule has 0 saturated heterocycles. The van der Waals surface area contributed by atoms with Gasteiger partial charge in [-0.3, -0.25) is 4.79 Å². The van der Waals surface area contributed by atoms with Crippen LogP contribution in [-0.4, -0.2) is 19.0 Å². The van der Waals surface area contributed by atoms with Crippen molar-refractivity contribution in [3.63, 3.8) is 0 Å². The van der Waals surface area contributed by atoms with E-state index in [4.69, 9.17) is 17.3 Å². The normalized spacial score (nSPS) is 10.1. The van der Waals surface area contributed by atoms with Gasteiger partial charge < -0.3 is 15.8 Å². The number of esters is 1. The van der Waals surface area contributed by atoms with Gasteiger partial charge >= 0.3 is 5.97 Å². The van der Waals surface area contributed by atoms with Crippen LogP contribution in [0.2, 0.25) is 5.02 Å². The Bertz CT molecular complexity index is 699. The van der Waals surface area contributed by atoms with Crippen molar-refractivity contribution in [1.82, 2.24) is 5.32 Å². The van der Waals surface area contributed by atoms with Gasteiger partial charge in [0.1, 0.15) is 0 Å². The monoisotopic (exact) mass is 318 g/mol. The maximum absolute atomic E-state index is 12.1. The zero-order valence-electron chi connectivity index (χ0n) is 11.9. The predicted molar refractivity (Wildman–Crippen MR) is 84.8 cm³/mol. The third-order valence-electron chi connectivity index (χ3n) is 3.09. The molecule has 22 heavy (non-hydrogen) atoms. The van der Waals surface area contributed by atoms with Crippen LogP contribution < -0.4 is 11.1 Å². The van der Waals surface area contributed by atoms with Gasteiger partial charge in [0.2, 0.25) is 0 Å². The summed E-state index contributed by atoms with van der Waals surface area (Å²) >= 11 is 5.80. The molecule has 0 aliphatic carbocycles. The van der Waals surface area contributed by atoms with E-state index in [0.717, 1.165) is 5.56 Å². The summed E-state index contributed by atoms with van der Waals surface area (Å²) in [5.41, 5.74) is 7.50. The second-order valence-electron chi connectivity index (χ2n) is 4.60. The Labute approximate surface area is 133 Å². The molecule has 0 unspecified atom stereocenters. The van der Waals surface area contributed by atoms with Gasteiger partial charge in [-0.25, -0.2) is 4.79 Å². The molecule has 0 bridgehead atoms. The number of ether oxygens (including phenoxy) is 1. The van der Waals surface area contributed by atoms with Crippen LogP contribution in [0.5, 0.6) is 0 Å². The molecule has 0 saturated carbocycles. The van der Waals surface area contributed by atoms with E-state index < -0.39 is 5.97 Å².